The Hall–Kier alpha value is -2.88. The molecule has 5 rings (SSSR count). The molecule has 1 saturated heterocycles. The van der Waals surface area contributed by atoms with Crippen LogP contribution in [0.5, 0.6) is 0 Å². The summed E-state index contributed by atoms with van der Waals surface area (Å²) >= 11 is 7.78. The summed E-state index contributed by atoms with van der Waals surface area (Å²) in [5, 5.41) is 14.2. The number of carbonyl (C=O) groups excluding carboxylic acids is 1. The molecule has 10 heteroatoms. The Balaban J connectivity index is 1.60. The van der Waals surface area contributed by atoms with Gasteiger partial charge in [0.05, 0.1) is 22.1 Å². The van der Waals surface area contributed by atoms with Crippen molar-refractivity contribution in [1.82, 2.24) is 25.1 Å². The lowest BCUT2D eigenvalue weighted by Crippen LogP contribution is -2.49. The summed E-state index contributed by atoms with van der Waals surface area (Å²) in [6.45, 7) is 3.33. The minimum absolute atomic E-state index is 0.00956. The SMILES string of the molecule is Cc1nnc(-c2ccc(C(=O)N(c3nccc4c(Cl)cn(C)c34)C3CCCNC3)c(F)c2)s1. The van der Waals surface area contributed by atoms with Crippen molar-refractivity contribution in [3.63, 3.8) is 0 Å². The van der Waals surface area contributed by atoms with Crippen LogP contribution in [0.4, 0.5) is 10.2 Å². The van der Waals surface area contributed by atoms with Gasteiger partial charge in [0, 0.05) is 36.9 Å². The van der Waals surface area contributed by atoms with Gasteiger partial charge in [-0.05, 0) is 44.5 Å². The molecule has 0 spiro atoms. The Kier molecular flexibility index (Phi) is 5.86. The van der Waals surface area contributed by atoms with Gasteiger partial charge in [0.15, 0.2) is 5.82 Å². The number of anilines is 1. The number of fused-ring (bicyclic) bond motifs is 1. The number of benzene rings is 1. The van der Waals surface area contributed by atoms with Gasteiger partial charge in [-0.1, -0.05) is 29.0 Å². The van der Waals surface area contributed by atoms with Gasteiger partial charge in [0.25, 0.3) is 5.91 Å². The van der Waals surface area contributed by atoms with E-state index in [9.17, 15) is 4.79 Å². The fourth-order valence-electron chi connectivity index (χ4n) is 4.32. The van der Waals surface area contributed by atoms with Gasteiger partial charge in [-0.3, -0.25) is 9.69 Å². The number of pyridine rings is 1. The molecule has 1 aliphatic heterocycles. The fraction of sp³-hybridized carbons (Fsp3) is 0.304. The summed E-state index contributed by atoms with van der Waals surface area (Å²) in [6.07, 6.45) is 5.13. The maximum absolute atomic E-state index is 15.3. The summed E-state index contributed by atoms with van der Waals surface area (Å²) in [6, 6.07) is 6.23. The van der Waals surface area contributed by atoms with E-state index in [1.165, 1.54) is 23.5 Å². The lowest BCUT2D eigenvalue weighted by Gasteiger charge is -2.34. The standard InChI is InChI=1S/C23H22ClFN6OS/c1-13-28-29-22(33-13)14-5-6-17(19(25)10-14)23(32)31(15-4-3-8-26-11-15)21-20-16(7-9-27-21)18(24)12-30(20)2/h5-7,9-10,12,15,26H,3-4,8,11H2,1-2H3. The van der Waals surface area contributed by atoms with Crippen LogP contribution >= 0.6 is 22.9 Å². The molecule has 0 bridgehead atoms. The zero-order chi connectivity index (χ0) is 23.1. The zero-order valence-electron chi connectivity index (χ0n) is 18.2. The second kappa shape index (κ2) is 8.81. The van der Waals surface area contributed by atoms with E-state index in [4.69, 9.17) is 11.6 Å². The molecule has 0 aliphatic carbocycles. The predicted octanol–water partition coefficient (Wildman–Crippen LogP) is 4.59. The molecule has 1 fully saturated rings. The van der Waals surface area contributed by atoms with Crippen molar-refractivity contribution in [1.29, 1.82) is 0 Å². The molecular weight excluding hydrogens is 463 g/mol. The van der Waals surface area contributed by atoms with Crippen LogP contribution in [0.1, 0.15) is 28.2 Å². The largest absolute Gasteiger partial charge is 0.346 e. The maximum atomic E-state index is 15.3. The molecule has 4 aromatic rings. The number of amides is 1. The summed E-state index contributed by atoms with van der Waals surface area (Å²) in [7, 11) is 1.86. The minimum Gasteiger partial charge on any atom is -0.346 e. The number of hydrogen-bond acceptors (Lipinski definition) is 6. The normalized spacial score (nSPS) is 16.3. The Labute approximate surface area is 199 Å². The number of halogens is 2. The smallest absolute Gasteiger partial charge is 0.262 e. The first kappa shape index (κ1) is 21.9. The van der Waals surface area contributed by atoms with Crippen LogP contribution in [0, 0.1) is 12.7 Å². The Morgan fingerprint density at radius 1 is 1.33 bits per heavy atom. The Bertz CT molecular complexity index is 1350. The van der Waals surface area contributed by atoms with Crippen LogP contribution in [-0.2, 0) is 7.05 Å². The van der Waals surface area contributed by atoms with Crippen molar-refractivity contribution < 1.29 is 9.18 Å². The van der Waals surface area contributed by atoms with Gasteiger partial charge in [-0.2, -0.15) is 0 Å². The number of piperidine rings is 1. The molecule has 4 heterocycles. The fourth-order valence-corrected chi connectivity index (χ4v) is 5.30. The number of aryl methyl sites for hydroxylation is 2. The van der Waals surface area contributed by atoms with E-state index in [1.54, 1.807) is 23.4 Å². The van der Waals surface area contributed by atoms with Crippen LogP contribution in [0.25, 0.3) is 21.5 Å². The number of nitrogens with one attached hydrogen (secondary N) is 1. The molecule has 3 aromatic heterocycles. The average molecular weight is 485 g/mol. The highest BCUT2D eigenvalue weighted by molar-refractivity contribution is 7.14. The van der Waals surface area contributed by atoms with E-state index >= 15 is 4.39 Å². The second-order valence-corrected chi connectivity index (χ2v) is 9.70. The molecule has 170 valence electrons. The Morgan fingerprint density at radius 2 is 2.18 bits per heavy atom. The van der Waals surface area contributed by atoms with E-state index in [-0.39, 0.29) is 11.6 Å². The molecule has 1 N–H and O–H groups in total. The average Bonchev–Trinajstić information content (AvgIpc) is 3.37. The van der Waals surface area contributed by atoms with Gasteiger partial charge < -0.3 is 9.88 Å². The van der Waals surface area contributed by atoms with E-state index in [1.807, 2.05) is 24.6 Å². The first-order valence-electron chi connectivity index (χ1n) is 10.7. The van der Waals surface area contributed by atoms with Crippen molar-refractivity contribution in [2.75, 3.05) is 18.0 Å². The number of hydrogen-bond donors (Lipinski definition) is 1. The molecule has 7 nitrogen and oxygen atoms in total. The molecule has 1 amide bonds. The second-order valence-electron chi connectivity index (χ2n) is 8.11. The molecule has 1 aromatic carbocycles. The van der Waals surface area contributed by atoms with Crippen LogP contribution in [0.15, 0.2) is 36.7 Å². The van der Waals surface area contributed by atoms with E-state index < -0.39 is 11.7 Å². The third-order valence-electron chi connectivity index (χ3n) is 5.88. The van der Waals surface area contributed by atoms with Crippen molar-refractivity contribution in [2.24, 2.45) is 7.05 Å². The highest BCUT2D eigenvalue weighted by atomic mass is 35.5. The number of carbonyl (C=O) groups is 1. The first-order valence-corrected chi connectivity index (χ1v) is 11.9. The van der Waals surface area contributed by atoms with Crippen molar-refractivity contribution >= 4 is 45.6 Å². The van der Waals surface area contributed by atoms with Crippen LogP contribution < -0.4 is 10.2 Å². The molecule has 0 radical (unpaired) electrons. The van der Waals surface area contributed by atoms with Gasteiger partial charge >= 0.3 is 0 Å². The quantitative estimate of drug-likeness (QED) is 0.458. The monoisotopic (exact) mass is 484 g/mol. The molecule has 1 unspecified atom stereocenters. The third kappa shape index (κ3) is 4.01. The number of aromatic nitrogens is 4. The number of nitrogens with zero attached hydrogens (tertiary/aromatic N) is 5. The Morgan fingerprint density at radius 3 is 2.88 bits per heavy atom. The van der Waals surface area contributed by atoms with E-state index in [0.29, 0.717) is 28.0 Å². The molecule has 1 atom stereocenters. The summed E-state index contributed by atoms with van der Waals surface area (Å²) in [5.74, 6) is -0.557. The maximum Gasteiger partial charge on any atom is 0.262 e. The topological polar surface area (TPSA) is 75.9 Å². The van der Waals surface area contributed by atoms with Gasteiger partial charge in [-0.15, -0.1) is 10.2 Å². The van der Waals surface area contributed by atoms with E-state index in [2.05, 4.69) is 20.5 Å². The summed E-state index contributed by atoms with van der Waals surface area (Å²) in [5.41, 5.74) is 1.32. The first-order chi connectivity index (χ1) is 15.9. The molecular formula is C23H22ClFN6OS. The van der Waals surface area contributed by atoms with Gasteiger partial charge in [0.1, 0.15) is 15.8 Å². The van der Waals surface area contributed by atoms with E-state index in [0.717, 1.165) is 35.3 Å². The number of rotatable bonds is 4. The summed E-state index contributed by atoms with van der Waals surface area (Å²) in [4.78, 5) is 20.0. The summed E-state index contributed by atoms with van der Waals surface area (Å²) < 4.78 is 17.1. The van der Waals surface area contributed by atoms with Crippen molar-refractivity contribution in [3.05, 3.63) is 58.1 Å². The zero-order valence-corrected chi connectivity index (χ0v) is 19.8. The highest BCUT2D eigenvalue weighted by Gasteiger charge is 2.32. The lowest BCUT2D eigenvalue weighted by atomic mass is 10.0. The lowest BCUT2D eigenvalue weighted by molar-refractivity contribution is 0.0968. The molecule has 0 saturated carbocycles. The van der Waals surface area contributed by atoms with Gasteiger partial charge in [0.2, 0.25) is 0 Å². The van der Waals surface area contributed by atoms with Crippen LogP contribution in [-0.4, -0.2) is 44.8 Å². The van der Waals surface area contributed by atoms with Crippen LogP contribution in [0.3, 0.4) is 0 Å². The van der Waals surface area contributed by atoms with Crippen molar-refractivity contribution in [3.8, 4) is 10.6 Å². The van der Waals surface area contributed by atoms with Gasteiger partial charge in [-0.25, -0.2) is 9.37 Å². The highest BCUT2D eigenvalue weighted by Crippen LogP contribution is 2.34. The molecule has 33 heavy (non-hydrogen) atoms. The predicted molar refractivity (Wildman–Crippen MR) is 128 cm³/mol. The minimum atomic E-state index is -0.601. The molecule has 1 aliphatic rings. The third-order valence-corrected chi connectivity index (χ3v) is 7.07. The van der Waals surface area contributed by atoms with Crippen LogP contribution in [0.2, 0.25) is 5.02 Å². The van der Waals surface area contributed by atoms with Crippen molar-refractivity contribution in [2.45, 2.75) is 25.8 Å².